The lowest BCUT2D eigenvalue weighted by molar-refractivity contribution is -0.131. The van der Waals surface area contributed by atoms with Crippen molar-refractivity contribution in [2.75, 3.05) is 6.54 Å². The first kappa shape index (κ1) is 23.4. The molecule has 0 unspecified atom stereocenters. The Hall–Kier alpha value is -3.22. The fourth-order valence-corrected chi connectivity index (χ4v) is 4.17. The summed E-state index contributed by atoms with van der Waals surface area (Å²) >= 11 is 0. The van der Waals surface area contributed by atoms with Gasteiger partial charge in [0.2, 0.25) is 11.5 Å². The Balaban J connectivity index is 2.19. The van der Waals surface area contributed by atoms with Crippen LogP contribution in [0.15, 0.2) is 46.3 Å². The van der Waals surface area contributed by atoms with Crippen LogP contribution < -0.4 is 26.4 Å². The van der Waals surface area contributed by atoms with E-state index in [1.807, 2.05) is 19.9 Å². The fraction of sp³-hybridized carbons (Fsp3) is 0.300. The molecule has 0 aliphatic rings. The van der Waals surface area contributed by atoms with E-state index < -0.39 is 32.7 Å². The summed E-state index contributed by atoms with van der Waals surface area (Å²) in [6, 6.07) is 7.18. The van der Waals surface area contributed by atoms with Crippen LogP contribution in [-0.2, 0) is 14.8 Å². The van der Waals surface area contributed by atoms with Gasteiger partial charge in [-0.05, 0) is 68.1 Å². The normalized spacial score (nSPS) is 12.5. The molecule has 1 amide bonds. The van der Waals surface area contributed by atoms with E-state index in [1.54, 1.807) is 17.6 Å². The molecule has 2 aromatic carbocycles. The zero-order chi connectivity index (χ0) is 24.6. The molecule has 0 aromatic heterocycles. The van der Waals surface area contributed by atoms with Gasteiger partial charge in [0.15, 0.2) is 17.5 Å². The molecule has 32 heavy (non-hydrogen) atoms. The van der Waals surface area contributed by atoms with E-state index >= 15 is 0 Å². The number of hydrogen-bond donors (Lipinski definition) is 5. The molecule has 2 rings (SSSR count). The van der Waals surface area contributed by atoms with E-state index in [-0.39, 0.29) is 31.1 Å². The number of nitrogens with one attached hydrogen (secondary N) is 2. The van der Waals surface area contributed by atoms with Crippen LogP contribution in [0.2, 0.25) is 1.43 Å². The number of rotatable bonds is 11. The largest absolute Gasteiger partial charge is 0.454 e. The summed E-state index contributed by atoms with van der Waals surface area (Å²) in [6.07, 6.45) is 0.231. The van der Waals surface area contributed by atoms with E-state index in [4.69, 9.17) is 17.6 Å². The number of carbonyl (C=O) groups excluding carboxylic acids is 1. The highest BCUT2D eigenvalue weighted by Crippen LogP contribution is 2.28. The van der Waals surface area contributed by atoms with Crippen molar-refractivity contribution in [3.63, 3.8) is 0 Å². The number of guanidine groups is 1. The predicted octanol–water partition coefficient (Wildman–Crippen LogP) is 1.44. The molecular weight excluding hydrogens is 441 g/mol. The number of nitrogens with zero attached hydrogens (tertiary/aromatic N) is 1. The Kier molecular flexibility index (Phi) is 7.98. The third kappa shape index (κ3) is 7.18. The highest BCUT2D eigenvalue weighted by Gasteiger charge is 2.26. The van der Waals surface area contributed by atoms with Crippen LogP contribution >= 0.6 is 0 Å². The fourth-order valence-electron chi connectivity index (χ4n) is 2.92. The summed E-state index contributed by atoms with van der Waals surface area (Å²) in [7, 11) is -4.31. The number of sulfonamides is 1. The van der Waals surface area contributed by atoms with Crippen LogP contribution in [-0.4, -0.2) is 38.1 Å². The van der Waals surface area contributed by atoms with Crippen LogP contribution in [0.3, 0.4) is 0 Å². The molecule has 10 nitrogen and oxygen atoms in total. The minimum atomic E-state index is -4.31. The molecule has 2 aromatic rings. The highest BCUT2D eigenvalue weighted by atomic mass is 32.2. The number of aryl methyl sites for hydroxylation is 2. The molecule has 1 atom stereocenters. The molecule has 0 saturated heterocycles. The van der Waals surface area contributed by atoms with Gasteiger partial charge in [-0.3, -0.25) is 15.0 Å². The second-order valence-corrected chi connectivity index (χ2v) is 8.82. The first-order valence-electron chi connectivity index (χ1n) is 9.98. The summed E-state index contributed by atoms with van der Waals surface area (Å²) < 4.78 is 54.5. The zero-order valence-corrected chi connectivity index (χ0v) is 18.4. The average Bonchev–Trinajstić information content (AvgIpc) is 2.71. The van der Waals surface area contributed by atoms with Gasteiger partial charge in [-0.1, -0.05) is 6.07 Å². The number of aliphatic imine (C=N–C) groups is 1. The third-order valence-corrected chi connectivity index (χ3v) is 5.77. The first-order valence-corrected chi connectivity index (χ1v) is 11.1. The number of hydrogen-bond acceptors (Lipinski definition) is 6. The first-order chi connectivity index (χ1) is 15.5. The van der Waals surface area contributed by atoms with Crippen LogP contribution in [0.5, 0.6) is 11.5 Å². The molecule has 0 spiro atoms. The summed E-state index contributed by atoms with van der Waals surface area (Å²) in [5.74, 6) is -1.71. The van der Waals surface area contributed by atoms with Gasteiger partial charge >= 0.3 is 0 Å². The predicted molar refractivity (Wildman–Crippen MR) is 116 cm³/mol. The molecule has 7 N–H and O–H groups in total. The number of nitrogens with two attached hydrogens (primary N) is 2. The SMILES string of the molecule is [2H]ONC(=O)[C@H](CCCN=C(N)N)NS(=O)(=O)c1ccc(Oc2cc(C)cc(C)c2)c(F)c1. The Morgan fingerprint density at radius 3 is 2.53 bits per heavy atom. The van der Waals surface area contributed by atoms with Crippen molar-refractivity contribution in [3.8, 4) is 11.5 Å². The van der Waals surface area contributed by atoms with Crippen molar-refractivity contribution in [2.24, 2.45) is 16.5 Å². The van der Waals surface area contributed by atoms with Crippen molar-refractivity contribution < 1.29 is 29.0 Å². The van der Waals surface area contributed by atoms with Crippen molar-refractivity contribution in [1.82, 2.24) is 10.2 Å². The smallest absolute Gasteiger partial charge is 0.261 e. The van der Waals surface area contributed by atoms with Gasteiger partial charge in [-0.25, -0.2) is 18.3 Å². The second kappa shape index (κ2) is 10.9. The Morgan fingerprint density at radius 2 is 1.94 bits per heavy atom. The van der Waals surface area contributed by atoms with Gasteiger partial charge in [-0.2, -0.15) is 4.72 Å². The Labute approximate surface area is 187 Å². The third-order valence-electron chi connectivity index (χ3n) is 4.30. The van der Waals surface area contributed by atoms with E-state index in [9.17, 15) is 17.6 Å². The van der Waals surface area contributed by atoms with Crippen LogP contribution in [0.4, 0.5) is 4.39 Å². The standard InChI is InChI=1S/C20H26FN5O5S/c1-12-8-13(2)10-14(9-12)31-18-6-5-15(11-16(18)21)32(29,30)26-17(19(27)25-28)4-3-7-24-20(22)23/h5-6,8-11,17,26,28H,3-4,7H2,1-2H3,(H,25,27)(H4,22,23,24)/t17-/m0/s1/i/hD. The number of benzene rings is 2. The molecule has 0 aliphatic heterocycles. The van der Waals surface area contributed by atoms with E-state index in [0.29, 0.717) is 5.75 Å². The van der Waals surface area contributed by atoms with E-state index in [1.165, 1.54) is 6.07 Å². The number of amides is 1. The lowest BCUT2D eigenvalue weighted by atomic mass is 10.1. The van der Waals surface area contributed by atoms with Gasteiger partial charge < -0.3 is 16.2 Å². The number of hydroxylamine groups is 1. The maximum absolute atomic E-state index is 14.6. The molecule has 0 saturated carbocycles. The number of carbonyl (C=O) groups is 1. The van der Waals surface area contributed by atoms with E-state index in [0.717, 1.165) is 23.3 Å². The Morgan fingerprint density at radius 1 is 1.25 bits per heavy atom. The molecule has 0 radical (unpaired) electrons. The highest BCUT2D eigenvalue weighted by molar-refractivity contribution is 7.89. The van der Waals surface area contributed by atoms with E-state index in [2.05, 4.69) is 14.9 Å². The average molecular weight is 469 g/mol. The second-order valence-electron chi connectivity index (χ2n) is 7.11. The van der Waals surface area contributed by atoms with Crippen LogP contribution in [0, 0.1) is 19.7 Å². The maximum atomic E-state index is 14.6. The molecule has 0 bridgehead atoms. The quantitative estimate of drug-likeness (QED) is 0.109. The van der Waals surface area contributed by atoms with Gasteiger partial charge in [-0.15, -0.1) is 0 Å². The van der Waals surface area contributed by atoms with Gasteiger partial charge in [0, 0.05) is 6.54 Å². The van der Waals surface area contributed by atoms with Gasteiger partial charge in [0.05, 0.1) is 4.90 Å². The molecule has 0 aliphatic carbocycles. The van der Waals surface area contributed by atoms with Crippen molar-refractivity contribution >= 4 is 21.9 Å². The Bertz CT molecular complexity index is 1110. The molecular formula is C20H26FN5O5S. The summed E-state index contributed by atoms with van der Waals surface area (Å²) in [5.41, 5.74) is 14.1. The van der Waals surface area contributed by atoms with Crippen LogP contribution in [0.1, 0.15) is 24.0 Å². The minimum absolute atomic E-state index is 0.0123. The molecule has 12 heteroatoms. The topological polar surface area (TPSA) is 169 Å². The molecule has 0 fully saturated rings. The zero-order valence-electron chi connectivity index (χ0n) is 18.6. The van der Waals surface area contributed by atoms with Gasteiger partial charge in [0.1, 0.15) is 11.8 Å². The summed E-state index contributed by atoms with van der Waals surface area (Å²) in [5, 5.41) is 3.83. The maximum Gasteiger partial charge on any atom is 0.261 e. The van der Waals surface area contributed by atoms with Crippen LogP contribution in [0.25, 0.3) is 0 Å². The van der Waals surface area contributed by atoms with Gasteiger partial charge in [0.25, 0.3) is 5.91 Å². The monoisotopic (exact) mass is 468 g/mol. The lowest BCUT2D eigenvalue weighted by Crippen LogP contribution is -2.45. The minimum Gasteiger partial charge on any atom is -0.454 e. The molecule has 174 valence electrons. The number of halogens is 1. The van der Waals surface area contributed by atoms with Crippen molar-refractivity contribution in [1.29, 1.82) is 0 Å². The van der Waals surface area contributed by atoms with Crippen molar-refractivity contribution in [2.45, 2.75) is 37.6 Å². The lowest BCUT2D eigenvalue weighted by Gasteiger charge is -2.17. The summed E-state index contributed by atoms with van der Waals surface area (Å²) in [6.45, 7) is 3.88. The van der Waals surface area contributed by atoms with Crippen molar-refractivity contribution in [3.05, 3.63) is 53.3 Å². The molecule has 0 heterocycles. The summed E-state index contributed by atoms with van der Waals surface area (Å²) in [4.78, 5) is 15.4. The number of ether oxygens (including phenoxy) is 1.